The molecular weight excluding hydrogens is 258 g/mol. The number of allylic oxidation sites excluding steroid dienone is 1. The fourth-order valence-corrected chi connectivity index (χ4v) is 2.66. The molecule has 0 bridgehead atoms. The molecule has 3 heteroatoms. The summed E-state index contributed by atoms with van der Waals surface area (Å²) in [4.78, 5) is 2.14. The van der Waals surface area contributed by atoms with Crippen molar-refractivity contribution in [3.63, 3.8) is 0 Å². The Bertz CT molecular complexity index is 598. The van der Waals surface area contributed by atoms with Crippen molar-refractivity contribution in [2.24, 2.45) is 0 Å². The van der Waals surface area contributed by atoms with Crippen molar-refractivity contribution < 1.29 is 0 Å². The molecule has 1 atom stereocenters. The molecule has 1 aromatic rings. The average Bonchev–Trinajstić information content (AvgIpc) is 2.49. The molecule has 0 fully saturated rings. The van der Waals surface area contributed by atoms with E-state index in [4.69, 9.17) is 5.73 Å². The van der Waals surface area contributed by atoms with Gasteiger partial charge in [-0.2, -0.15) is 0 Å². The number of rotatable bonds is 6. The van der Waals surface area contributed by atoms with E-state index >= 15 is 0 Å². The summed E-state index contributed by atoms with van der Waals surface area (Å²) in [6, 6.07) is 6.05. The van der Waals surface area contributed by atoms with Crippen LogP contribution in [0.15, 0.2) is 55.9 Å². The zero-order chi connectivity index (χ0) is 15.4. The van der Waals surface area contributed by atoms with Crippen LogP contribution in [0.25, 0.3) is 11.8 Å². The monoisotopic (exact) mass is 281 g/mol. The van der Waals surface area contributed by atoms with Gasteiger partial charge in [0.15, 0.2) is 0 Å². The molecule has 21 heavy (non-hydrogen) atoms. The van der Waals surface area contributed by atoms with E-state index in [2.05, 4.69) is 48.3 Å². The number of fused-ring (bicyclic) bond motifs is 1. The number of likely N-dealkylation sites (N-methyl/N-ethyl adjacent to an activating group) is 1. The largest absolute Gasteiger partial charge is 0.398 e. The Labute approximate surface area is 127 Å². The highest BCUT2D eigenvalue weighted by atomic mass is 15.2. The molecule has 0 amide bonds. The molecule has 3 N–H and O–H groups in total. The zero-order valence-electron chi connectivity index (χ0n) is 12.6. The number of nitrogens with one attached hydrogen (secondary N) is 1. The fourth-order valence-electron chi connectivity index (χ4n) is 2.66. The van der Waals surface area contributed by atoms with Crippen molar-refractivity contribution in [1.29, 1.82) is 0 Å². The summed E-state index contributed by atoms with van der Waals surface area (Å²) >= 11 is 0. The van der Waals surface area contributed by atoms with E-state index in [0.717, 1.165) is 41.1 Å². The van der Waals surface area contributed by atoms with Crippen molar-refractivity contribution in [3.8, 4) is 0 Å². The van der Waals surface area contributed by atoms with Crippen LogP contribution in [0.4, 0.5) is 5.69 Å². The minimum Gasteiger partial charge on any atom is -0.398 e. The van der Waals surface area contributed by atoms with Gasteiger partial charge in [0, 0.05) is 35.9 Å². The number of hydrogen-bond acceptors (Lipinski definition) is 3. The number of nitrogens with two attached hydrogens (primary N) is 1. The van der Waals surface area contributed by atoms with E-state index < -0.39 is 0 Å². The van der Waals surface area contributed by atoms with Gasteiger partial charge in [-0.15, -0.1) is 6.58 Å². The second-order valence-electron chi connectivity index (χ2n) is 5.14. The van der Waals surface area contributed by atoms with Crippen LogP contribution >= 0.6 is 0 Å². The summed E-state index contributed by atoms with van der Waals surface area (Å²) < 4.78 is 0. The van der Waals surface area contributed by atoms with E-state index in [0.29, 0.717) is 0 Å². The third-order valence-electron chi connectivity index (χ3n) is 3.85. The van der Waals surface area contributed by atoms with Crippen LogP contribution < -0.4 is 11.1 Å². The molecular formula is C18H23N3. The first kappa shape index (κ1) is 15.0. The molecule has 1 heterocycles. The lowest BCUT2D eigenvalue weighted by atomic mass is 9.96. The minimum atomic E-state index is 0.129. The summed E-state index contributed by atoms with van der Waals surface area (Å²) in [6.07, 6.45) is 7.90. The molecule has 0 aliphatic carbocycles. The number of nitrogen functional groups attached to an aromatic ring is 1. The highest BCUT2D eigenvalue weighted by Crippen LogP contribution is 2.35. The molecule has 110 valence electrons. The minimum absolute atomic E-state index is 0.129. The second kappa shape index (κ2) is 6.35. The zero-order valence-corrected chi connectivity index (χ0v) is 12.6. The van der Waals surface area contributed by atoms with Gasteiger partial charge in [0.1, 0.15) is 0 Å². The van der Waals surface area contributed by atoms with Crippen LogP contribution in [-0.2, 0) is 0 Å². The Hall–Kier alpha value is -2.42. The van der Waals surface area contributed by atoms with Crippen molar-refractivity contribution in [2.75, 3.05) is 12.8 Å². The van der Waals surface area contributed by atoms with Crippen LogP contribution in [0.5, 0.6) is 0 Å². The molecule has 0 radical (unpaired) electrons. The van der Waals surface area contributed by atoms with Crippen molar-refractivity contribution in [1.82, 2.24) is 10.2 Å². The summed E-state index contributed by atoms with van der Waals surface area (Å²) in [5.41, 5.74) is 10.9. The molecule has 0 aromatic heterocycles. The lowest BCUT2D eigenvalue weighted by Gasteiger charge is -2.36. The molecule has 2 rings (SSSR count). The van der Waals surface area contributed by atoms with Gasteiger partial charge in [-0.3, -0.25) is 0 Å². The third-order valence-corrected chi connectivity index (χ3v) is 3.85. The molecule has 3 nitrogen and oxygen atoms in total. The van der Waals surface area contributed by atoms with Gasteiger partial charge in [0.25, 0.3) is 0 Å². The molecule has 1 aliphatic rings. The van der Waals surface area contributed by atoms with Gasteiger partial charge >= 0.3 is 0 Å². The third kappa shape index (κ3) is 2.87. The maximum atomic E-state index is 6.13. The lowest BCUT2D eigenvalue weighted by Crippen LogP contribution is -2.36. The quantitative estimate of drug-likeness (QED) is 0.618. The number of hydrogen-bond donors (Lipinski definition) is 2. The smallest absolute Gasteiger partial charge is 0.0728 e. The molecule has 0 saturated carbocycles. The summed E-state index contributed by atoms with van der Waals surface area (Å²) in [7, 11) is 1.89. The predicted molar refractivity (Wildman–Crippen MR) is 92.2 cm³/mol. The summed E-state index contributed by atoms with van der Waals surface area (Å²) in [5.74, 6) is 0. The van der Waals surface area contributed by atoms with Crippen LogP contribution in [0, 0.1) is 0 Å². The Balaban J connectivity index is 2.36. The van der Waals surface area contributed by atoms with Gasteiger partial charge in [-0.05, 0) is 30.5 Å². The van der Waals surface area contributed by atoms with Crippen molar-refractivity contribution in [2.45, 2.75) is 18.9 Å². The number of anilines is 1. The van der Waals surface area contributed by atoms with E-state index in [1.54, 1.807) is 0 Å². The van der Waals surface area contributed by atoms with E-state index in [1.807, 2.05) is 25.3 Å². The Kier molecular flexibility index (Phi) is 4.53. The van der Waals surface area contributed by atoms with Gasteiger partial charge in [-0.25, -0.2) is 0 Å². The molecule has 0 saturated heterocycles. The first-order valence-corrected chi connectivity index (χ1v) is 7.12. The first-order chi connectivity index (χ1) is 10.1. The number of benzene rings is 1. The Morgan fingerprint density at radius 2 is 2.24 bits per heavy atom. The average molecular weight is 281 g/mol. The van der Waals surface area contributed by atoms with Crippen molar-refractivity contribution >= 4 is 17.5 Å². The molecule has 0 spiro atoms. The topological polar surface area (TPSA) is 41.3 Å². The predicted octanol–water partition coefficient (Wildman–Crippen LogP) is 3.59. The van der Waals surface area contributed by atoms with Crippen LogP contribution in [0.3, 0.4) is 0 Å². The maximum Gasteiger partial charge on any atom is 0.0728 e. The first-order valence-electron chi connectivity index (χ1n) is 7.12. The fraction of sp³-hybridized carbons (Fsp3) is 0.222. The van der Waals surface area contributed by atoms with Gasteiger partial charge in [-0.1, -0.05) is 31.4 Å². The molecule has 1 aliphatic heterocycles. The maximum absolute atomic E-state index is 6.13. The highest BCUT2D eigenvalue weighted by molar-refractivity contribution is 5.83. The van der Waals surface area contributed by atoms with E-state index in [-0.39, 0.29) is 6.04 Å². The normalized spacial score (nSPS) is 14.5. The molecule has 1 unspecified atom stereocenters. The van der Waals surface area contributed by atoms with Gasteiger partial charge in [0.2, 0.25) is 0 Å². The Morgan fingerprint density at radius 1 is 1.48 bits per heavy atom. The Morgan fingerprint density at radius 3 is 2.90 bits per heavy atom. The van der Waals surface area contributed by atoms with Crippen LogP contribution in [0.1, 0.15) is 24.0 Å². The summed E-state index contributed by atoms with van der Waals surface area (Å²) in [5, 5.41) is 3.15. The lowest BCUT2D eigenvalue weighted by molar-refractivity contribution is 0.396. The summed E-state index contributed by atoms with van der Waals surface area (Å²) in [6.45, 7) is 12.2. The van der Waals surface area contributed by atoms with Crippen LogP contribution in [-0.4, -0.2) is 18.0 Å². The van der Waals surface area contributed by atoms with Gasteiger partial charge < -0.3 is 16.0 Å². The van der Waals surface area contributed by atoms with E-state index in [9.17, 15) is 0 Å². The standard InChI is InChI=1S/C18H23N3/c1-5-6-10-17(13(2)20-4)21-12-11-15-8-7-9-16(19)18(15)14(21)3/h5,7-9,11-12,17,20H,1-3,6,10,19H2,4H3. The SMILES string of the molecule is C=CCCC(C(=C)NC)N1C=Cc2cccc(N)c2C1=C. The highest BCUT2D eigenvalue weighted by Gasteiger charge is 2.25. The number of nitrogens with zero attached hydrogens (tertiary/aromatic N) is 1. The van der Waals surface area contributed by atoms with Gasteiger partial charge in [0.05, 0.1) is 6.04 Å². The van der Waals surface area contributed by atoms with E-state index in [1.165, 1.54) is 0 Å². The molecule has 1 aromatic carbocycles. The van der Waals surface area contributed by atoms with Crippen LogP contribution in [0.2, 0.25) is 0 Å². The van der Waals surface area contributed by atoms with Crippen molar-refractivity contribution in [3.05, 3.63) is 67.0 Å². The second-order valence-corrected chi connectivity index (χ2v) is 5.14.